The first-order valence-electron chi connectivity index (χ1n) is 8.75. The first-order chi connectivity index (χ1) is 13.6. The molecule has 1 aromatic carbocycles. The third kappa shape index (κ3) is 4.59. The number of ether oxygens (including phenoxy) is 2. The standard InChI is InChI=1S/C20H23N5O3/c1-25-10-9-21-19(25)18(15-5-4-6-16(11-15)27-2)24-20(26)23-13-14-7-8-17(28-3)22-12-14/h4-12,18H,13H2,1-3H3,(H2,23,24,26). The molecule has 0 saturated carbocycles. The lowest BCUT2D eigenvalue weighted by Gasteiger charge is -2.20. The molecule has 0 fully saturated rings. The first kappa shape index (κ1) is 19.2. The van der Waals surface area contributed by atoms with E-state index in [4.69, 9.17) is 9.47 Å². The molecule has 1 atom stereocenters. The number of carbonyl (C=O) groups is 1. The van der Waals surface area contributed by atoms with Crippen LogP contribution in [0.3, 0.4) is 0 Å². The molecule has 8 nitrogen and oxygen atoms in total. The highest BCUT2D eigenvalue weighted by Gasteiger charge is 2.21. The minimum atomic E-state index is -0.427. The lowest BCUT2D eigenvalue weighted by atomic mass is 10.1. The fourth-order valence-electron chi connectivity index (χ4n) is 2.77. The van der Waals surface area contributed by atoms with Crippen molar-refractivity contribution in [1.29, 1.82) is 0 Å². The molecule has 2 heterocycles. The number of methoxy groups -OCH3 is 2. The van der Waals surface area contributed by atoms with Gasteiger partial charge in [0.2, 0.25) is 5.88 Å². The molecule has 0 saturated heterocycles. The molecular formula is C20H23N5O3. The lowest BCUT2D eigenvalue weighted by molar-refractivity contribution is 0.237. The smallest absolute Gasteiger partial charge is 0.315 e. The van der Waals surface area contributed by atoms with E-state index in [9.17, 15) is 4.79 Å². The number of nitrogens with one attached hydrogen (secondary N) is 2. The fraction of sp³-hybridized carbons (Fsp3) is 0.250. The van der Waals surface area contributed by atoms with Crippen molar-refractivity contribution in [2.45, 2.75) is 12.6 Å². The summed E-state index contributed by atoms with van der Waals surface area (Å²) in [7, 11) is 5.06. The average molecular weight is 381 g/mol. The van der Waals surface area contributed by atoms with Crippen LogP contribution in [0.2, 0.25) is 0 Å². The summed E-state index contributed by atoms with van der Waals surface area (Å²) in [5, 5.41) is 5.83. The van der Waals surface area contributed by atoms with E-state index in [1.54, 1.807) is 32.7 Å². The number of imidazole rings is 1. The molecule has 1 unspecified atom stereocenters. The second kappa shape index (κ2) is 8.90. The van der Waals surface area contributed by atoms with E-state index in [2.05, 4.69) is 20.6 Å². The maximum atomic E-state index is 12.5. The van der Waals surface area contributed by atoms with Crippen molar-refractivity contribution in [2.24, 2.45) is 7.05 Å². The molecule has 0 aliphatic rings. The molecule has 28 heavy (non-hydrogen) atoms. The van der Waals surface area contributed by atoms with Crippen molar-refractivity contribution in [1.82, 2.24) is 25.2 Å². The summed E-state index contributed by atoms with van der Waals surface area (Å²) < 4.78 is 12.2. The Balaban J connectivity index is 1.73. The highest BCUT2D eigenvalue weighted by Crippen LogP contribution is 2.24. The normalized spacial score (nSPS) is 11.5. The van der Waals surface area contributed by atoms with Crippen LogP contribution in [-0.2, 0) is 13.6 Å². The van der Waals surface area contributed by atoms with Gasteiger partial charge in [0.1, 0.15) is 17.6 Å². The molecule has 0 bridgehead atoms. The fourth-order valence-corrected chi connectivity index (χ4v) is 2.77. The van der Waals surface area contributed by atoms with Crippen LogP contribution in [0.5, 0.6) is 11.6 Å². The zero-order valence-corrected chi connectivity index (χ0v) is 16.0. The lowest BCUT2D eigenvalue weighted by Crippen LogP contribution is -2.39. The highest BCUT2D eigenvalue weighted by atomic mass is 16.5. The maximum Gasteiger partial charge on any atom is 0.315 e. The van der Waals surface area contributed by atoms with Crippen LogP contribution >= 0.6 is 0 Å². The van der Waals surface area contributed by atoms with Crippen LogP contribution in [-0.4, -0.2) is 34.8 Å². The Bertz CT molecular complexity index is 924. The van der Waals surface area contributed by atoms with Gasteiger partial charge in [0.15, 0.2) is 0 Å². The summed E-state index contributed by atoms with van der Waals surface area (Å²) in [4.78, 5) is 21.1. The average Bonchev–Trinajstić information content (AvgIpc) is 3.16. The van der Waals surface area contributed by atoms with E-state index in [0.29, 0.717) is 18.2 Å². The van der Waals surface area contributed by atoms with E-state index in [-0.39, 0.29) is 6.03 Å². The Labute approximate surface area is 163 Å². The number of urea groups is 1. The summed E-state index contributed by atoms with van der Waals surface area (Å²) in [5.74, 6) is 1.96. The Morgan fingerprint density at radius 1 is 1.18 bits per heavy atom. The zero-order valence-electron chi connectivity index (χ0n) is 16.0. The van der Waals surface area contributed by atoms with Gasteiger partial charge in [-0.05, 0) is 23.3 Å². The van der Waals surface area contributed by atoms with E-state index >= 15 is 0 Å². The number of aromatic nitrogens is 3. The van der Waals surface area contributed by atoms with Crippen molar-refractivity contribution >= 4 is 6.03 Å². The molecule has 0 aliphatic carbocycles. The molecule has 2 aromatic heterocycles. The van der Waals surface area contributed by atoms with Gasteiger partial charge in [-0.1, -0.05) is 18.2 Å². The second-order valence-electron chi connectivity index (χ2n) is 6.14. The van der Waals surface area contributed by atoms with Crippen molar-refractivity contribution < 1.29 is 14.3 Å². The first-order valence-corrected chi connectivity index (χ1v) is 8.75. The molecule has 0 aliphatic heterocycles. The number of rotatable bonds is 7. The Hall–Kier alpha value is -3.55. The van der Waals surface area contributed by atoms with Gasteiger partial charge in [-0.3, -0.25) is 0 Å². The molecular weight excluding hydrogens is 358 g/mol. The summed E-state index contributed by atoms with van der Waals surface area (Å²) in [6, 6.07) is 10.4. The van der Waals surface area contributed by atoms with Gasteiger partial charge < -0.3 is 24.7 Å². The zero-order chi connectivity index (χ0) is 19.9. The summed E-state index contributed by atoms with van der Waals surface area (Å²) >= 11 is 0. The van der Waals surface area contributed by atoms with Gasteiger partial charge >= 0.3 is 6.03 Å². The Morgan fingerprint density at radius 2 is 2.04 bits per heavy atom. The minimum absolute atomic E-state index is 0.313. The number of hydrogen-bond acceptors (Lipinski definition) is 5. The number of amides is 2. The number of aryl methyl sites for hydroxylation is 1. The highest BCUT2D eigenvalue weighted by molar-refractivity contribution is 5.74. The van der Waals surface area contributed by atoms with Crippen LogP contribution < -0.4 is 20.1 Å². The summed E-state index contributed by atoms with van der Waals surface area (Å²) in [6.45, 7) is 0.341. The van der Waals surface area contributed by atoms with Crippen molar-refractivity contribution in [3.63, 3.8) is 0 Å². The van der Waals surface area contributed by atoms with Gasteiger partial charge in [0.25, 0.3) is 0 Å². The van der Waals surface area contributed by atoms with Gasteiger partial charge in [-0.25, -0.2) is 14.8 Å². The molecule has 8 heteroatoms. The van der Waals surface area contributed by atoms with Crippen LogP contribution in [0, 0.1) is 0 Å². The van der Waals surface area contributed by atoms with E-state index in [1.165, 1.54) is 0 Å². The van der Waals surface area contributed by atoms with Crippen LogP contribution in [0.25, 0.3) is 0 Å². The summed E-state index contributed by atoms with van der Waals surface area (Å²) in [5.41, 5.74) is 1.74. The SMILES string of the molecule is COc1cccc(C(NC(=O)NCc2ccc(OC)nc2)c2nccn2C)c1. The molecule has 3 aromatic rings. The monoisotopic (exact) mass is 381 g/mol. The van der Waals surface area contributed by atoms with Gasteiger partial charge in [-0.15, -0.1) is 0 Å². The van der Waals surface area contributed by atoms with Crippen LogP contribution in [0.15, 0.2) is 55.0 Å². The number of hydrogen-bond donors (Lipinski definition) is 2. The minimum Gasteiger partial charge on any atom is -0.497 e. The molecule has 2 N–H and O–H groups in total. The number of carbonyl (C=O) groups excluding carboxylic acids is 1. The van der Waals surface area contributed by atoms with Crippen molar-refractivity contribution in [3.8, 4) is 11.6 Å². The van der Waals surface area contributed by atoms with E-state index in [1.807, 2.05) is 48.1 Å². The van der Waals surface area contributed by atoms with Gasteiger partial charge in [0.05, 0.1) is 14.2 Å². The topological polar surface area (TPSA) is 90.3 Å². The van der Waals surface area contributed by atoms with Crippen molar-refractivity contribution in [2.75, 3.05) is 14.2 Å². The largest absolute Gasteiger partial charge is 0.497 e. The molecule has 0 radical (unpaired) electrons. The molecule has 146 valence electrons. The molecule has 3 rings (SSSR count). The number of benzene rings is 1. The third-order valence-corrected chi connectivity index (χ3v) is 4.28. The van der Waals surface area contributed by atoms with E-state index < -0.39 is 6.04 Å². The van der Waals surface area contributed by atoms with Gasteiger partial charge in [0, 0.05) is 38.2 Å². The Kier molecular flexibility index (Phi) is 6.11. The third-order valence-electron chi connectivity index (χ3n) is 4.28. The summed E-state index contributed by atoms with van der Waals surface area (Å²) in [6.07, 6.45) is 5.20. The van der Waals surface area contributed by atoms with E-state index in [0.717, 1.165) is 17.0 Å². The number of nitrogens with zero attached hydrogens (tertiary/aromatic N) is 3. The van der Waals surface area contributed by atoms with Crippen molar-refractivity contribution in [3.05, 3.63) is 71.9 Å². The molecule has 2 amide bonds. The van der Waals surface area contributed by atoms with Crippen LogP contribution in [0.1, 0.15) is 23.0 Å². The second-order valence-corrected chi connectivity index (χ2v) is 6.14. The van der Waals surface area contributed by atoms with Crippen LogP contribution in [0.4, 0.5) is 4.79 Å². The van der Waals surface area contributed by atoms with Gasteiger partial charge in [-0.2, -0.15) is 0 Å². The number of pyridine rings is 1. The molecule has 0 spiro atoms. The Morgan fingerprint density at radius 3 is 2.68 bits per heavy atom. The predicted octanol–water partition coefficient (Wildman–Crippen LogP) is 2.42. The maximum absolute atomic E-state index is 12.5. The quantitative estimate of drug-likeness (QED) is 0.656. The predicted molar refractivity (Wildman–Crippen MR) is 104 cm³/mol.